The van der Waals surface area contributed by atoms with Crippen LogP contribution in [0, 0.1) is 29.1 Å². The number of carbonyl (C=O) groups is 2. The molecule has 1 saturated heterocycles. The molecule has 3 unspecified atom stereocenters. The van der Waals surface area contributed by atoms with Crippen molar-refractivity contribution < 1.29 is 14.3 Å². The summed E-state index contributed by atoms with van der Waals surface area (Å²) in [7, 11) is 0. The van der Waals surface area contributed by atoms with Gasteiger partial charge in [0.2, 0.25) is 0 Å². The van der Waals surface area contributed by atoms with E-state index in [2.05, 4.69) is 34.9 Å². The van der Waals surface area contributed by atoms with Crippen LogP contribution in [-0.4, -0.2) is 39.1 Å². The summed E-state index contributed by atoms with van der Waals surface area (Å²) in [5.41, 5.74) is -0.745. The van der Waals surface area contributed by atoms with Crippen LogP contribution in [0.25, 0.3) is 0 Å². The Hall–Kier alpha value is -0.870. The lowest BCUT2D eigenvalue weighted by molar-refractivity contribution is -0.161. The van der Waals surface area contributed by atoms with Crippen LogP contribution in [0.4, 0.5) is 0 Å². The molecule has 142 valence electrons. The quantitative estimate of drug-likeness (QED) is 0.738. The highest BCUT2D eigenvalue weighted by molar-refractivity contribution is 8.21. The molecule has 3 aliphatic carbocycles. The van der Waals surface area contributed by atoms with E-state index in [4.69, 9.17) is 4.74 Å². The predicted octanol–water partition coefficient (Wildman–Crippen LogP) is 3.09. The third kappa shape index (κ3) is 3.03. The van der Waals surface area contributed by atoms with E-state index in [1.807, 2.05) is 0 Å². The Morgan fingerprint density at radius 1 is 1.19 bits per heavy atom. The molecular weight excluding hydrogens is 368 g/mol. The summed E-state index contributed by atoms with van der Waals surface area (Å²) in [5, 5.41) is 12.0. The van der Waals surface area contributed by atoms with Crippen LogP contribution < -0.4 is 5.32 Å². The zero-order chi connectivity index (χ0) is 18.4. The van der Waals surface area contributed by atoms with Gasteiger partial charge < -0.3 is 10.1 Å². The van der Waals surface area contributed by atoms with Crippen LogP contribution in [0.1, 0.15) is 51.9 Å². The third-order valence-corrected chi connectivity index (χ3v) is 10.7. The lowest BCUT2D eigenvalue weighted by Crippen LogP contribution is -2.55. The highest BCUT2D eigenvalue weighted by Crippen LogP contribution is 2.65. The summed E-state index contributed by atoms with van der Waals surface area (Å²) < 4.78 is 5.86. The normalized spacial score (nSPS) is 34.5. The largest absolute Gasteiger partial charge is 0.452 e. The fraction of sp³-hybridized carbons (Fsp3) is 0.842. The fourth-order valence-electron chi connectivity index (χ4n) is 5.05. The molecule has 1 aliphatic heterocycles. The molecule has 4 aliphatic rings. The molecule has 26 heavy (non-hydrogen) atoms. The van der Waals surface area contributed by atoms with Crippen LogP contribution in [-0.2, 0) is 14.3 Å². The van der Waals surface area contributed by atoms with Gasteiger partial charge in [0.25, 0.3) is 5.91 Å². The van der Waals surface area contributed by atoms with Crippen LogP contribution in [0.5, 0.6) is 0 Å². The van der Waals surface area contributed by atoms with Crippen molar-refractivity contribution in [3.63, 3.8) is 0 Å². The molecule has 0 radical (unpaired) electrons. The summed E-state index contributed by atoms with van der Waals surface area (Å²) in [6, 6.07) is 2.19. The molecule has 3 saturated carbocycles. The second kappa shape index (κ2) is 6.94. The second-order valence-corrected chi connectivity index (χ2v) is 11.2. The van der Waals surface area contributed by atoms with Crippen molar-refractivity contribution >= 4 is 35.4 Å². The fourth-order valence-corrected chi connectivity index (χ4v) is 8.99. The number of ether oxygens (including phenoxy) is 1. The van der Waals surface area contributed by atoms with Crippen molar-refractivity contribution in [1.29, 1.82) is 5.26 Å². The molecule has 4 fully saturated rings. The zero-order valence-electron chi connectivity index (χ0n) is 15.2. The molecule has 5 nitrogen and oxygen atoms in total. The third-order valence-electron chi connectivity index (χ3n) is 6.66. The minimum Gasteiger partial charge on any atom is -0.452 e. The summed E-state index contributed by atoms with van der Waals surface area (Å²) in [5.74, 6) is 2.98. The highest BCUT2D eigenvalue weighted by atomic mass is 32.2. The average molecular weight is 395 g/mol. The van der Waals surface area contributed by atoms with E-state index in [0.29, 0.717) is 28.8 Å². The number of nitrogens with zero attached hydrogens (tertiary/aromatic N) is 1. The zero-order valence-corrected chi connectivity index (χ0v) is 16.8. The first-order valence-electron chi connectivity index (χ1n) is 9.70. The van der Waals surface area contributed by atoms with Gasteiger partial charge in [0.15, 0.2) is 6.10 Å². The molecule has 1 spiro atoms. The first-order chi connectivity index (χ1) is 12.5. The van der Waals surface area contributed by atoms with E-state index in [9.17, 15) is 14.9 Å². The molecule has 4 rings (SSSR count). The molecule has 2 bridgehead atoms. The summed E-state index contributed by atoms with van der Waals surface area (Å²) in [6.45, 7) is 1.61. The molecule has 1 amide bonds. The molecule has 0 aromatic heterocycles. The maximum absolute atomic E-state index is 12.7. The van der Waals surface area contributed by atoms with Gasteiger partial charge in [0, 0.05) is 11.5 Å². The van der Waals surface area contributed by atoms with Gasteiger partial charge in [-0.15, -0.1) is 23.5 Å². The lowest BCUT2D eigenvalue weighted by Gasteiger charge is -2.42. The number of nitrogens with one attached hydrogen (secondary N) is 1. The van der Waals surface area contributed by atoms with Gasteiger partial charge >= 0.3 is 5.97 Å². The number of esters is 1. The van der Waals surface area contributed by atoms with Gasteiger partial charge in [0.05, 0.1) is 16.1 Å². The number of carbonyl (C=O) groups excluding carboxylic acids is 2. The van der Waals surface area contributed by atoms with E-state index in [-0.39, 0.29) is 17.8 Å². The van der Waals surface area contributed by atoms with E-state index in [1.165, 1.54) is 24.3 Å². The van der Waals surface area contributed by atoms with Crippen molar-refractivity contribution in [3.8, 4) is 6.07 Å². The van der Waals surface area contributed by atoms with Crippen LogP contribution in [0.2, 0.25) is 0 Å². The van der Waals surface area contributed by atoms with Crippen molar-refractivity contribution in [1.82, 2.24) is 5.32 Å². The SMILES string of the molecule is CC(OC(=O)C1CC2CCC(C1)C21SCCS1)C(=O)NC1(C#N)CCC1. The molecular formula is C19H26N2O3S2. The smallest absolute Gasteiger partial charge is 0.309 e. The number of hydrogen-bond acceptors (Lipinski definition) is 6. The Kier molecular flexibility index (Phi) is 4.94. The van der Waals surface area contributed by atoms with Gasteiger partial charge in [-0.1, -0.05) is 0 Å². The maximum atomic E-state index is 12.7. The summed E-state index contributed by atoms with van der Waals surface area (Å²) >= 11 is 4.22. The van der Waals surface area contributed by atoms with Gasteiger partial charge in [-0.05, 0) is 63.7 Å². The second-order valence-electron chi connectivity index (χ2n) is 8.17. The van der Waals surface area contributed by atoms with Crippen molar-refractivity contribution in [3.05, 3.63) is 0 Å². The summed E-state index contributed by atoms with van der Waals surface area (Å²) in [4.78, 5) is 25.0. The number of amides is 1. The Bertz CT molecular complexity index is 621. The highest BCUT2D eigenvalue weighted by Gasteiger charge is 2.57. The molecule has 1 heterocycles. The van der Waals surface area contributed by atoms with Crippen LogP contribution >= 0.6 is 23.5 Å². The minimum absolute atomic E-state index is 0.0798. The van der Waals surface area contributed by atoms with Crippen LogP contribution in [0.3, 0.4) is 0 Å². The van der Waals surface area contributed by atoms with Crippen molar-refractivity contribution in [2.45, 2.75) is 67.6 Å². The lowest BCUT2D eigenvalue weighted by atomic mass is 9.78. The minimum atomic E-state index is -0.836. The number of hydrogen-bond donors (Lipinski definition) is 1. The van der Waals surface area contributed by atoms with E-state index < -0.39 is 11.6 Å². The van der Waals surface area contributed by atoms with Gasteiger partial charge in [0.1, 0.15) is 5.54 Å². The summed E-state index contributed by atoms with van der Waals surface area (Å²) in [6.07, 6.45) is 5.70. The Labute approximate surface area is 163 Å². The van der Waals surface area contributed by atoms with E-state index in [1.54, 1.807) is 6.92 Å². The first-order valence-corrected chi connectivity index (χ1v) is 11.7. The topological polar surface area (TPSA) is 79.2 Å². The monoisotopic (exact) mass is 394 g/mol. The Morgan fingerprint density at radius 3 is 2.31 bits per heavy atom. The van der Waals surface area contributed by atoms with Gasteiger partial charge in [-0.2, -0.15) is 5.26 Å². The molecule has 1 N–H and O–H groups in total. The molecule has 7 heteroatoms. The van der Waals surface area contributed by atoms with Crippen molar-refractivity contribution in [2.75, 3.05) is 11.5 Å². The number of rotatable bonds is 4. The molecule has 0 aromatic carbocycles. The van der Waals surface area contributed by atoms with E-state index >= 15 is 0 Å². The Balaban J connectivity index is 1.33. The number of nitriles is 1. The number of thioether (sulfide) groups is 2. The average Bonchev–Trinajstić information content (AvgIpc) is 3.12. The Morgan fingerprint density at radius 2 is 1.81 bits per heavy atom. The molecule has 0 aromatic rings. The van der Waals surface area contributed by atoms with Crippen LogP contribution in [0.15, 0.2) is 0 Å². The standard InChI is InChI=1S/C19H26N2O3S2/c1-12(16(22)21-18(11-20)5-2-6-18)24-17(23)13-9-14-3-4-15(10-13)19(14)25-7-8-26-19/h12-15H,2-10H2,1H3,(H,21,22). The predicted molar refractivity (Wildman–Crippen MR) is 102 cm³/mol. The van der Waals surface area contributed by atoms with Gasteiger partial charge in [-0.25, -0.2) is 0 Å². The molecule has 3 atom stereocenters. The van der Waals surface area contributed by atoms with Crippen molar-refractivity contribution in [2.24, 2.45) is 17.8 Å². The van der Waals surface area contributed by atoms with Gasteiger partial charge in [-0.3, -0.25) is 9.59 Å². The maximum Gasteiger partial charge on any atom is 0.309 e. The van der Waals surface area contributed by atoms with E-state index in [0.717, 1.165) is 19.3 Å². The first kappa shape index (κ1) is 18.5.